The monoisotopic (exact) mass is 421 g/mol. The van der Waals surface area contributed by atoms with Gasteiger partial charge in [-0.15, -0.1) is 11.3 Å². The second-order valence-corrected chi connectivity index (χ2v) is 7.93. The predicted octanol–water partition coefficient (Wildman–Crippen LogP) is 4.20. The third-order valence-corrected chi connectivity index (χ3v) is 5.43. The van der Waals surface area contributed by atoms with Gasteiger partial charge in [-0.3, -0.25) is 4.68 Å². The molecule has 2 rings (SSSR count). The van der Waals surface area contributed by atoms with E-state index in [1.165, 1.54) is 5.56 Å². The molecule has 0 aromatic carbocycles. The molecule has 0 amide bonds. The van der Waals surface area contributed by atoms with Crippen LogP contribution in [0.2, 0.25) is 0 Å². The quantitative estimate of drug-likeness (QED) is 0.758. The van der Waals surface area contributed by atoms with Gasteiger partial charge in [0.15, 0.2) is 5.75 Å². The molecule has 1 unspecified atom stereocenters. The molecule has 2 aromatic rings. The number of rotatable bonds is 6. The topological polar surface area (TPSA) is 39.1 Å². The Morgan fingerprint density at radius 3 is 2.70 bits per heavy atom. The standard InChI is InChI=1S/C13H17Br2N3OS/c1-4-16-11(8-6-10(14)20-13(8)15)12-9(19-3)7-17-18(12)5-2/h6-7,11,16H,4-5H2,1-3H3. The summed E-state index contributed by atoms with van der Waals surface area (Å²) in [6.45, 7) is 5.85. The minimum atomic E-state index is 0.0503. The summed E-state index contributed by atoms with van der Waals surface area (Å²) in [5.74, 6) is 0.812. The molecule has 0 aliphatic heterocycles. The van der Waals surface area contributed by atoms with Crippen molar-refractivity contribution in [2.75, 3.05) is 13.7 Å². The molecule has 0 saturated heterocycles. The van der Waals surface area contributed by atoms with Crippen molar-refractivity contribution in [1.29, 1.82) is 0 Å². The van der Waals surface area contributed by atoms with Gasteiger partial charge in [0.1, 0.15) is 5.69 Å². The van der Waals surface area contributed by atoms with E-state index in [9.17, 15) is 0 Å². The average Bonchev–Trinajstić information content (AvgIpc) is 2.98. The Balaban J connectivity index is 2.53. The van der Waals surface area contributed by atoms with E-state index in [1.54, 1.807) is 24.6 Å². The van der Waals surface area contributed by atoms with Crippen LogP contribution in [0.25, 0.3) is 0 Å². The number of ether oxygens (including phenoxy) is 1. The van der Waals surface area contributed by atoms with Gasteiger partial charge >= 0.3 is 0 Å². The molecule has 1 N–H and O–H groups in total. The highest BCUT2D eigenvalue weighted by Crippen LogP contribution is 2.40. The zero-order valence-corrected chi connectivity index (χ0v) is 15.6. The van der Waals surface area contributed by atoms with Crippen LogP contribution in [0.15, 0.2) is 19.8 Å². The number of nitrogens with zero attached hydrogens (tertiary/aromatic N) is 2. The Hall–Kier alpha value is -0.370. The molecular weight excluding hydrogens is 406 g/mol. The van der Waals surface area contributed by atoms with E-state index in [0.717, 1.165) is 32.1 Å². The van der Waals surface area contributed by atoms with Gasteiger partial charge in [-0.05, 0) is 51.4 Å². The molecule has 0 fully saturated rings. The fraction of sp³-hybridized carbons (Fsp3) is 0.462. The molecule has 0 saturated carbocycles. The average molecular weight is 423 g/mol. The van der Waals surface area contributed by atoms with Gasteiger partial charge in [-0.2, -0.15) is 5.10 Å². The van der Waals surface area contributed by atoms with Crippen molar-refractivity contribution in [2.45, 2.75) is 26.4 Å². The first-order valence-corrected chi connectivity index (χ1v) is 8.80. The minimum Gasteiger partial charge on any atom is -0.493 e. The smallest absolute Gasteiger partial charge is 0.161 e. The molecule has 0 bridgehead atoms. The first kappa shape index (κ1) is 16.0. The Labute approximate surface area is 139 Å². The largest absolute Gasteiger partial charge is 0.493 e. The zero-order chi connectivity index (χ0) is 14.7. The summed E-state index contributed by atoms with van der Waals surface area (Å²) >= 11 is 8.86. The van der Waals surface area contributed by atoms with Crippen LogP contribution >= 0.6 is 43.2 Å². The molecule has 1 atom stereocenters. The van der Waals surface area contributed by atoms with Crippen LogP contribution in [0, 0.1) is 0 Å². The lowest BCUT2D eigenvalue weighted by molar-refractivity contribution is 0.399. The maximum Gasteiger partial charge on any atom is 0.161 e. The number of hydrogen-bond donors (Lipinski definition) is 1. The van der Waals surface area contributed by atoms with Crippen LogP contribution in [0.3, 0.4) is 0 Å². The van der Waals surface area contributed by atoms with Crippen molar-refractivity contribution >= 4 is 43.2 Å². The van der Waals surface area contributed by atoms with Gasteiger partial charge in [0.25, 0.3) is 0 Å². The minimum absolute atomic E-state index is 0.0503. The fourth-order valence-corrected chi connectivity index (χ4v) is 5.09. The van der Waals surface area contributed by atoms with Gasteiger partial charge in [-0.1, -0.05) is 6.92 Å². The van der Waals surface area contributed by atoms with Gasteiger partial charge in [-0.25, -0.2) is 0 Å². The van der Waals surface area contributed by atoms with E-state index in [4.69, 9.17) is 4.74 Å². The summed E-state index contributed by atoms with van der Waals surface area (Å²) in [4.78, 5) is 0. The van der Waals surface area contributed by atoms with E-state index >= 15 is 0 Å². The lowest BCUT2D eigenvalue weighted by Gasteiger charge is -2.20. The number of thiophene rings is 1. The molecule has 2 heterocycles. The Morgan fingerprint density at radius 1 is 1.45 bits per heavy atom. The van der Waals surface area contributed by atoms with E-state index in [1.807, 2.05) is 4.68 Å². The highest BCUT2D eigenvalue weighted by atomic mass is 79.9. The van der Waals surface area contributed by atoms with Crippen LogP contribution in [0.5, 0.6) is 5.75 Å². The number of aryl methyl sites for hydroxylation is 1. The second kappa shape index (κ2) is 7.06. The lowest BCUT2D eigenvalue weighted by Crippen LogP contribution is -2.25. The summed E-state index contributed by atoms with van der Waals surface area (Å²) in [5, 5.41) is 7.92. The maximum atomic E-state index is 5.48. The summed E-state index contributed by atoms with van der Waals surface area (Å²) in [6.07, 6.45) is 1.78. The molecule has 0 spiro atoms. The van der Waals surface area contributed by atoms with E-state index in [2.05, 4.69) is 62.2 Å². The van der Waals surface area contributed by atoms with Crippen molar-refractivity contribution in [1.82, 2.24) is 15.1 Å². The summed E-state index contributed by atoms with van der Waals surface area (Å²) in [6, 6.07) is 2.18. The van der Waals surface area contributed by atoms with Crippen LogP contribution in [-0.2, 0) is 6.54 Å². The third-order valence-electron chi connectivity index (χ3n) is 3.04. The van der Waals surface area contributed by atoms with Crippen molar-refractivity contribution < 1.29 is 4.74 Å². The number of methoxy groups -OCH3 is 1. The van der Waals surface area contributed by atoms with Crippen LogP contribution in [0.1, 0.15) is 31.1 Å². The molecule has 0 aliphatic carbocycles. The van der Waals surface area contributed by atoms with Crippen LogP contribution < -0.4 is 10.1 Å². The Bertz CT molecular complexity index is 561. The van der Waals surface area contributed by atoms with E-state index < -0.39 is 0 Å². The highest BCUT2D eigenvalue weighted by molar-refractivity contribution is 9.12. The number of aromatic nitrogens is 2. The maximum absolute atomic E-state index is 5.48. The molecule has 0 aliphatic rings. The first-order valence-electron chi connectivity index (χ1n) is 6.40. The predicted molar refractivity (Wildman–Crippen MR) is 89.7 cm³/mol. The van der Waals surface area contributed by atoms with E-state index in [0.29, 0.717) is 0 Å². The summed E-state index contributed by atoms with van der Waals surface area (Å²) in [7, 11) is 1.68. The molecule has 0 radical (unpaired) electrons. The molecular formula is C13H17Br2N3OS. The van der Waals surface area contributed by atoms with Crippen molar-refractivity contribution in [3.05, 3.63) is 31.1 Å². The van der Waals surface area contributed by atoms with Gasteiger partial charge in [0.2, 0.25) is 0 Å². The number of nitrogens with one attached hydrogen (secondary N) is 1. The molecule has 4 nitrogen and oxygen atoms in total. The SMILES string of the molecule is CCNC(c1cc(Br)sc1Br)c1c(OC)cnn1CC. The van der Waals surface area contributed by atoms with Crippen molar-refractivity contribution in [3.63, 3.8) is 0 Å². The fourth-order valence-electron chi connectivity index (χ4n) is 2.19. The second-order valence-electron chi connectivity index (χ2n) is 4.18. The number of hydrogen-bond acceptors (Lipinski definition) is 4. The first-order chi connectivity index (χ1) is 9.62. The lowest BCUT2D eigenvalue weighted by atomic mass is 10.1. The van der Waals surface area contributed by atoms with Crippen LogP contribution in [-0.4, -0.2) is 23.4 Å². The van der Waals surface area contributed by atoms with Gasteiger partial charge in [0, 0.05) is 12.1 Å². The third kappa shape index (κ3) is 3.10. The van der Waals surface area contributed by atoms with Crippen LogP contribution in [0.4, 0.5) is 0 Å². The molecule has 7 heteroatoms. The normalized spacial score (nSPS) is 12.7. The molecule has 20 heavy (non-hydrogen) atoms. The molecule has 110 valence electrons. The van der Waals surface area contributed by atoms with Crippen molar-refractivity contribution in [2.24, 2.45) is 0 Å². The Morgan fingerprint density at radius 2 is 2.20 bits per heavy atom. The highest BCUT2D eigenvalue weighted by Gasteiger charge is 2.25. The zero-order valence-electron chi connectivity index (χ0n) is 11.6. The van der Waals surface area contributed by atoms with E-state index in [-0.39, 0.29) is 6.04 Å². The van der Waals surface area contributed by atoms with Gasteiger partial charge < -0.3 is 10.1 Å². The van der Waals surface area contributed by atoms with Gasteiger partial charge in [0.05, 0.1) is 26.9 Å². The summed E-state index contributed by atoms with van der Waals surface area (Å²) in [5.41, 5.74) is 2.25. The summed E-state index contributed by atoms with van der Waals surface area (Å²) < 4.78 is 9.67. The number of halogens is 2. The van der Waals surface area contributed by atoms with Crippen molar-refractivity contribution in [3.8, 4) is 5.75 Å². The molecule has 2 aromatic heterocycles. The Kier molecular flexibility index (Phi) is 5.65.